The molecule has 1 N–H and O–H groups in total. The average molecular weight is 482 g/mol. The van der Waals surface area contributed by atoms with Crippen LogP contribution in [0.5, 0.6) is 11.6 Å². The summed E-state index contributed by atoms with van der Waals surface area (Å²) in [4.78, 5) is 15.5. The summed E-state index contributed by atoms with van der Waals surface area (Å²) >= 11 is 0. The number of fused-ring (bicyclic) bond motifs is 1. The summed E-state index contributed by atoms with van der Waals surface area (Å²) in [6, 6.07) is 11.0. The van der Waals surface area contributed by atoms with Crippen LogP contribution in [-0.4, -0.2) is 58.3 Å². The Morgan fingerprint density at radius 2 is 1.97 bits per heavy atom. The van der Waals surface area contributed by atoms with E-state index in [0.29, 0.717) is 59.9 Å². The van der Waals surface area contributed by atoms with Crippen LogP contribution in [0.3, 0.4) is 0 Å². The van der Waals surface area contributed by atoms with E-state index in [-0.39, 0.29) is 0 Å². The van der Waals surface area contributed by atoms with Gasteiger partial charge in [0.05, 0.1) is 19.9 Å². The number of halogens is 2. The van der Waals surface area contributed by atoms with Crippen molar-refractivity contribution in [1.29, 1.82) is 0 Å². The Balaban J connectivity index is 1.36. The minimum atomic E-state index is -2.32. The molecule has 4 aromatic heterocycles. The molecule has 1 aliphatic heterocycles. The fourth-order valence-electron chi connectivity index (χ4n) is 4.20. The van der Waals surface area contributed by atoms with E-state index in [0.717, 1.165) is 12.0 Å². The maximum atomic E-state index is 13.2. The van der Waals surface area contributed by atoms with Crippen LogP contribution in [0.15, 0.2) is 48.8 Å². The van der Waals surface area contributed by atoms with Crippen molar-refractivity contribution in [3.05, 3.63) is 48.8 Å². The number of aromatic nitrogens is 5. The number of ether oxygens (including phenoxy) is 2. The maximum Gasteiger partial charge on any atom is 0.256 e. The van der Waals surface area contributed by atoms with Crippen molar-refractivity contribution in [2.75, 3.05) is 37.5 Å². The summed E-state index contributed by atoms with van der Waals surface area (Å²) in [7, 11) is 3.09. The molecule has 5 rings (SSSR count). The summed E-state index contributed by atoms with van der Waals surface area (Å²) in [6.45, 7) is 1.02. The minimum absolute atomic E-state index is 0.306. The normalized spacial score (nSPS) is 16.0. The first-order valence-corrected chi connectivity index (χ1v) is 11.3. The van der Waals surface area contributed by atoms with Gasteiger partial charge in [-0.3, -0.25) is 0 Å². The summed E-state index contributed by atoms with van der Waals surface area (Å²) in [5.41, 5.74) is 2.11. The Labute approximate surface area is 200 Å². The lowest BCUT2D eigenvalue weighted by molar-refractivity contribution is 0.0686. The zero-order valence-corrected chi connectivity index (χ0v) is 19.4. The van der Waals surface area contributed by atoms with Gasteiger partial charge >= 0.3 is 0 Å². The Bertz CT molecular complexity index is 1330. The minimum Gasteiger partial charge on any atom is -0.491 e. The molecule has 11 heteroatoms. The van der Waals surface area contributed by atoms with Gasteiger partial charge in [-0.25, -0.2) is 28.2 Å². The first-order valence-electron chi connectivity index (χ1n) is 11.3. The first-order chi connectivity index (χ1) is 17.0. The summed E-state index contributed by atoms with van der Waals surface area (Å²) in [6.07, 6.45) is 2.43. The third-order valence-corrected chi connectivity index (χ3v) is 5.98. The molecule has 1 fully saturated rings. The lowest BCUT2D eigenvalue weighted by atomic mass is 9.98. The zero-order valence-electron chi connectivity index (χ0n) is 19.4. The van der Waals surface area contributed by atoms with Crippen molar-refractivity contribution in [3.8, 4) is 22.9 Å². The van der Waals surface area contributed by atoms with Gasteiger partial charge in [0.15, 0.2) is 17.2 Å². The van der Waals surface area contributed by atoms with Gasteiger partial charge in [0.1, 0.15) is 11.6 Å². The van der Waals surface area contributed by atoms with Gasteiger partial charge in [0.2, 0.25) is 6.43 Å². The molecule has 9 nitrogen and oxygen atoms in total. The van der Waals surface area contributed by atoms with Crippen molar-refractivity contribution < 1.29 is 18.3 Å². The number of hydrogen-bond acceptors (Lipinski definition) is 8. The van der Waals surface area contributed by atoms with E-state index in [9.17, 15) is 8.78 Å². The topological polar surface area (TPSA) is 89.7 Å². The summed E-state index contributed by atoms with van der Waals surface area (Å²) in [5.74, 6) is 2.11. The van der Waals surface area contributed by atoms with Gasteiger partial charge in [-0.2, -0.15) is 0 Å². The Morgan fingerprint density at radius 3 is 2.77 bits per heavy atom. The van der Waals surface area contributed by atoms with Gasteiger partial charge < -0.3 is 19.7 Å². The Hall–Kier alpha value is -4.02. The lowest BCUT2D eigenvalue weighted by Gasteiger charge is -2.33. The van der Waals surface area contributed by atoms with Crippen molar-refractivity contribution in [3.63, 3.8) is 0 Å². The molecule has 0 aromatic carbocycles. The van der Waals surface area contributed by atoms with Crippen LogP contribution in [0.2, 0.25) is 0 Å². The molecule has 0 saturated carbocycles. The summed E-state index contributed by atoms with van der Waals surface area (Å²) in [5, 5.41) is 7.70. The number of nitrogens with zero attached hydrogens (tertiary/aromatic N) is 6. The number of alkyl halides is 2. The van der Waals surface area contributed by atoms with E-state index in [4.69, 9.17) is 9.47 Å². The number of methoxy groups -OCH3 is 2. The quantitative estimate of drug-likeness (QED) is 0.415. The van der Waals surface area contributed by atoms with Gasteiger partial charge in [-0.05, 0) is 37.1 Å². The monoisotopic (exact) mass is 481 g/mol. The highest BCUT2D eigenvalue weighted by Crippen LogP contribution is 2.30. The largest absolute Gasteiger partial charge is 0.491 e. The van der Waals surface area contributed by atoms with Gasteiger partial charge in [-0.1, -0.05) is 6.07 Å². The van der Waals surface area contributed by atoms with Gasteiger partial charge in [0, 0.05) is 43.0 Å². The van der Waals surface area contributed by atoms with E-state index in [1.165, 1.54) is 7.11 Å². The predicted molar refractivity (Wildman–Crippen MR) is 128 cm³/mol. The fourth-order valence-corrected chi connectivity index (χ4v) is 4.20. The Kier molecular flexibility index (Phi) is 6.30. The molecule has 5 heterocycles. The zero-order chi connectivity index (χ0) is 24.4. The highest BCUT2D eigenvalue weighted by atomic mass is 19.3. The van der Waals surface area contributed by atoms with Crippen molar-refractivity contribution in [1.82, 2.24) is 24.6 Å². The molecule has 1 unspecified atom stereocenters. The highest BCUT2D eigenvalue weighted by molar-refractivity contribution is 5.66. The first kappa shape index (κ1) is 22.8. The van der Waals surface area contributed by atoms with Crippen LogP contribution in [0, 0.1) is 5.92 Å². The predicted octanol–water partition coefficient (Wildman–Crippen LogP) is 4.43. The number of piperidine rings is 1. The molecule has 1 aliphatic rings. The van der Waals surface area contributed by atoms with E-state index in [2.05, 4.69) is 25.4 Å². The highest BCUT2D eigenvalue weighted by Gasteiger charge is 2.27. The van der Waals surface area contributed by atoms with Gasteiger partial charge in [0.25, 0.3) is 5.88 Å². The van der Waals surface area contributed by atoms with Crippen molar-refractivity contribution in [2.24, 2.45) is 5.92 Å². The molecule has 0 amide bonds. The van der Waals surface area contributed by atoms with E-state index >= 15 is 0 Å². The number of nitrogens with one attached hydrogen (secondary N) is 1. The number of anilines is 3. The molecule has 1 saturated heterocycles. The van der Waals surface area contributed by atoms with Gasteiger partial charge in [-0.15, -0.1) is 5.10 Å². The molecule has 4 aromatic rings. The van der Waals surface area contributed by atoms with E-state index < -0.39 is 12.3 Å². The average Bonchev–Trinajstić information content (AvgIpc) is 3.29. The third kappa shape index (κ3) is 4.79. The lowest BCUT2D eigenvalue weighted by Crippen LogP contribution is -2.38. The van der Waals surface area contributed by atoms with Crippen LogP contribution in [0.4, 0.5) is 26.2 Å². The number of pyridine rings is 2. The molecule has 0 spiro atoms. The van der Waals surface area contributed by atoms with Crippen LogP contribution in [-0.2, 0) is 0 Å². The van der Waals surface area contributed by atoms with Crippen molar-refractivity contribution >= 4 is 23.1 Å². The van der Waals surface area contributed by atoms with E-state index in [1.54, 1.807) is 23.9 Å². The second-order valence-corrected chi connectivity index (χ2v) is 8.27. The smallest absolute Gasteiger partial charge is 0.256 e. The molecule has 1 atom stereocenters. The molecule has 0 radical (unpaired) electrons. The molecule has 182 valence electrons. The second kappa shape index (κ2) is 9.69. The second-order valence-electron chi connectivity index (χ2n) is 8.27. The van der Waals surface area contributed by atoms with E-state index in [1.807, 2.05) is 41.4 Å². The fraction of sp³-hybridized carbons (Fsp3) is 0.333. The van der Waals surface area contributed by atoms with Crippen LogP contribution >= 0.6 is 0 Å². The van der Waals surface area contributed by atoms with Crippen LogP contribution in [0.25, 0.3) is 16.9 Å². The molecule has 0 aliphatic carbocycles. The maximum absolute atomic E-state index is 13.2. The molecule has 0 bridgehead atoms. The van der Waals surface area contributed by atoms with Crippen molar-refractivity contribution in [2.45, 2.75) is 19.3 Å². The Morgan fingerprint density at radius 1 is 1.09 bits per heavy atom. The molecule has 35 heavy (non-hydrogen) atoms. The van der Waals surface area contributed by atoms with Crippen LogP contribution < -0.4 is 19.7 Å². The summed E-state index contributed by atoms with van der Waals surface area (Å²) < 4.78 is 38.6. The SMILES string of the molecule is COc1cc(-c2ccn3nc(Nc4cccc(N5CCCC(C(F)F)C5)n4)cc3n2)cnc1OC. The van der Waals surface area contributed by atoms with Crippen LogP contribution in [0.1, 0.15) is 12.8 Å². The third-order valence-electron chi connectivity index (χ3n) is 5.98. The number of rotatable bonds is 7. The molecular weight excluding hydrogens is 456 g/mol. The number of hydrogen-bond donors (Lipinski definition) is 1. The standard InChI is InChI=1S/C24H25F2N7O2/c1-34-18-11-16(13-27-24(18)35-2)17-8-10-33-22(28-17)12-20(31-33)29-19-6-3-7-21(30-19)32-9-4-5-15(14-32)23(25)26/h3,6-8,10-13,15,23H,4-5,9,14H2,1-2H3,(H,29,30,31). The molecular formula is C24H25F2N7O2.